The third-order valence-electron chi connectivity index (χ3n) is 3.33. The summed E-state index contributed by atoms with van der Waals surface area (Å²) in [5, 5.41) is 2.72. The Labute approximate surface area is 137 Å². The van der Waals surface area contributed by atoms with Gasteiger partial charge in [0.25, 0.3) is 0 Å². The lowest BCUT2D eigenvalue weighted by Crippen LogP contribution is -2.24. The van der Waals surface area contributed by atoms with Gasteiger partial charge in [-0.3, -0.25) is 0 Å². The number of anilines is 1. The summed E-state index contributed by atoms with van der Waals surface area (Å²) < 4.78 is 5.13. The SMILES string of the molecule is Cc1ccc(C=CCCNC(=O)OCc2ccccc2)c(N)c1. The van der Waals surface area contributed by atoms with Crippen molar-refractivity contribution in [3.63, 3.8) is 0 Å². The number of carbonyl (C=O) groups excluding carboxylic acids is 1. The first-order chi connectivity index (χ1) is 11.1. The van der Waals surface area contributed by atoms with E-state index in [0.29, 0.717) is 13.0 Å². The summed E-state index contributed by atoms with van der Waals surface area (Å²) in [5.41, 5.74) is 9.80. The second-order valence-corrected chi connectivity index (χ2v) is 5.31. The summed E-state index contributed by atoms with van der Waals surface area (Å²) in [6, 6.07) is 15.5. The molecule has 0 aliphatic rings. The molecule has 1 amide bonds. The van der Waals surface area contributed by atoms with Crippen LogP contribution in [0.25, 0.3) is 6.08 Å². The zero-order valence-corrected chi connectivity index (χ0v) is 13.3. The van der Waals surface area contributed by atoms with Crippen molar-refractivity contribution in [2.45, 2.75) is 20.0 Å². The summed E-state index contributed by atoms with van der Waals surface area (Å²) in [6.07, 6.45) is 4.26. The molecule has 4 heteroatoms. The topological polar surface area (TPSA) is 64.3 Å². The molecule has 0 aliphatic carbocycles. The molecule has 0 unspecified atom stereocenters. The van der Waals surface area contributed by atoms with Crippen molar-refractivity contribution >= 4 is 17.9 Å². The quantitative estimate of drug-likeness (QED) is 0.628. The molecule has 0 radical (unpaired) electrons. The molecule has 0 bridgehead atoms. The van der Waals surface area contributed by atoms with E-state index in [9.17, 15) is 4.79 Å². The third-order valence-corrected chi connectivity index (χ3v) is 3.33. The predicted octanol–water partition coefficient (Wildman–Crippen LogP) is 3.91. The fraction of sp³-hybridized carbons (Fsp3) is 0.211. The highest BCUT2D eigenvalue weighted by molar-refractivity contribution is 5.67. The maximum atomic E-state index is 11.6. The van der Waals surface area contributed by atoms with Crippen LogP contribution in [0.2, 0.25) is 0 Å². The van der Waals surface area contributed by atoms with Crippen LogP contribution in [0.3, 0.4) is 0 Å². The molecule has 23 heavy (non-hydrogen) atoms. The van der Waals surface area contributed by atoms with Crippen molar-refractivity contribution in [3.8, 4) is 0 Å². The van der Waals surface area contributed by atoms with Gasteiger partial charge in [-0.2, -0.15) is 0 Å². The lowest BCUT2D eigenvalue weighted by molar-refractivity contribution is 0.140. The molecule has 0 aromatic heterocycles. The van der Waals surface area contributed by atoms with Gasteiger partial charge in [-0.1, -0.05) is 54.6 Å². The average Bonchev–Trinajstić information content (AvgIpc) is 2.55. The number of alkyl carbamates (subject to hydrolysis) is 1. The molecule has 120 valence electrons. The summed E-state index contributed by atoms with van der Waals surface area (Å²) in [4.78, 5) is 11.6. The van der Waals surface area contributed by atoms with E-state index in [0.717, 1.165) is 22.4 Å². The normalized spacial score (nSPS) is 10.7. The predicted molar refractivity (Wildman–Crippen MR) is 93.9 cm³/mol. The lowest BCUT2D eigenvalue weighted by atomic mass is 10.1. The highest BCUT2D eigenvalue weighted by Gasteiger charge is 2.00. The number of nitrogen functional groups attached to an aromatic ring is 1. The Morgan fingerprint density at radius 3 is 2.74 bits per heavy atom. The molecule has 4 nitrogen and oxygen atoms in total. The van der Waals surface area contributed by atoms with E-state index in [1.54, 1.807) is 0 Å². The van der Waals surface area contributed by atoms with Crippen LogP contribution in [0, 0.1) is 6.92 Å². The van der Waals surface area contributed by atoms with Crippen LogP contribution in [0.4, 0.5) is 10.5 Å². The van der Waals surface area contributed by atoms with E-state index in [4.69, 9.17) is 10.5 Å². The number of hydrogen-bond acceptors (Lipinski definition) is 3. The van der Waals surface area contributed by atoms with Crippen molar-refractivity contribution in [1.82, 2.24) is 5.32 Å². The van der Waals surface area contributed by atoms with Gasteiger partial charge >= 0.3 is 6.09 Å². The van der Waals surface area contributed by atoms with Gasteiger partial charge < -0.3 is 15.8 Å². The van der Waals surface area contributed by atoms with Gasteiger partial charge in [0.2, 0.25) is 0 Å². The van der Waals surface area contributed by atoms with Crippen LogP contribution in [-0.2, 0) is 11.3 Å². The fourth-order valence-electron chi connectivity index (χ4n) is 2.09. The van der Waals surface area contributed by atoms with E-state index < -0.39 is 6.09 Å². The van der Waals surface area contributed by atoms with Gasteiger partial charge in [0, 0.05) is 12.2 Å². The summed E-state index contributed by atoms with van der Waals surface area (Å²) in [7, 11) is 0. The minimum atomic E-state index is -0.405. The Morgan fingerprint density at radius 2 is 2.00 bits per heavy atom. The number of nitrogens with two attached hydrogens (primary N) is 1. The first kappa shape index (κ1) is 16.6. The Morgan fingerprint density at radius 1 is 1.22 bits per heavy atom. The maximum absolute atomic E-state index is 11.6. The largest absolute Gasteiger partial charge is 0.445 e. The highest BCUT2D eigenvalue weighted by atomic mass is 16.5. The number of hydrogen-bond donors (Lipinski definition) is 2. The van der Waals surface area contributed by atoms with Crippen LogP contribution >= 0.6 is 0 Å². The van der Waals surface area contributed by atoms with Crippen molar-refractivity contribution in [3.05, 3.63) is 71.3 Å². The van der Waals surface area contributed by atoms with E-state index in [2.05, 4.69) is 5.32 Å². The highest BCUT2D eigenvalue weighted by Crippen LogP contribution is 2.15. The molecule has 2 aromatic rings. The molecule has 0 saturated heterocycles. The second kappa shape index (κ2) is 8.63. The number of aryl methyl sites for hydroxylation is 1. The van der Waals surface area contributed by atoms with Gasteiger partial charge in [-0.15, -0.1) is 0 Å². The number of rotatable bonds is 6. The number of ether oxygens (including phenoxy) is 1. The minimum Gasteiger partial charge on any atom is -0.445 e. The summed E-state index contributed by atoms with van der Waals surface area (Å²) >= 11 is 0. The van der Waals surface area contributed by atoms with Crippen LogP contribution in [0.1, 0.15) is 23.1 Å². The number of nitrogens with one attached hydrogen (secondary N) is 1. The molecule has 0 saturated carbocycles. The maximum Gasteiger partial charge on any atom is 0.407 e. The van der Waals surface area contributed by atoms with Gasteiger partial charge in [0.1, 0.15) is 6.61 Å². The standard InChI is InChI=1S/C19H22N2O2/c1-15-10-11-17(18(20)13-15)9-5-6-12-21-19(22)23-14-16-7-3-2-4-8-16/h2-5,7-11,13H,6,12,14,20H2,1H3,(H,21,22). The van der Waals surface area contributed by atoms with Gasteiger partial charge in [-0.25, -0.2) is 4.79 Å². The molecule has 0 atom stereocenters. The molecule has 2 aromatic carbocycles. The monoisotopic (exact) mass is 310 g/mol. The first-order valence-electron chi connectivity index (χ1n) is 7.62. The van der Waals surface area contributed by atoms with E-state index in [1.807, 2.05) is 67.6 Å². The number of benzene rings is 2. The van der Waals surface area contributed by atoms with Crippen molar-refractivity contribution in [2.75, 3.05) is 12.3 Å². The minimum absolute atomic E-state index is 0.280. The van der Waals surface area contributed by atoms with Gasteiger partial charge in [-0.05, 0) is 36.1 Å². The van der Waals surface area contributed by atoms with Gasteiger partial charge in [0.05, 0.1) is 0 Å². The molecule has 0 spiro atoms. The van der Waals surface area contributed by atoms with Crippen LogP contribution < -0.4 is 11.1 Å². The average molecular weight is 310 g/mol. The lowest BCUT2D eigenvalue weighted by Gasteiger charge is -2.06. The van der Waals surface area contributed by atoms with Gasteiger partial charge in [0.15, 0.2) is 0 Å². The number of carbonyl (C=O) groups is 1. The van der Waals surface area contributed by atoms with E-state index in [-0.39, 0.29) is 6.61 Å². The van der Waals surface area contributed by atoms with Crippen molar-refractivity contribution < 1.29 is 9.53 Å². The second-order valence-electron chi connectivity index (χ2n) is 5.31. The Hall–Kier alpha value is -2.75. The first-order valence-corrected chi connectivity index (χ1v) is 7.62. The van der Waals surface area contributed by atoms with Crippen molar-refractivity contribution in [2.24, 2.45) is 0 Å². The fourth-order valence-corrected chi connectivity index (χ4v) is 2.09. The van der Waals surface area contributed by atoms with Crippen molar-refractivity contribution in [1.29, 1.82) is 0 Å². The van der Waals surface area contributed by atoms with E-state index >= 15 is 0 Å². The Kier molecular flexibility index (Phi) is 6.24. The van der Waals surface area contributed by atoms with Crippen LogP contribution in [0.15, 0.2) is 54.6 Å². The summed E-state index contributed by atoms with van der Waals surface area (Å²) in [6.45, 7) is 2.81. The molecule has 0 aliphatic heterocycles. The van der Waals surface area contributed by atoms with Crippen LogP contribution in [-0.4, -0.2) is 12.6 Å². The smallest absolute Gasteiger partial charge is 0.407 e. The molecular formula is C19H22N2O2. The Bertz CT molecular complexity index is 666. The zero-order chi connectivity index (χ0) is 16.5. The summed E-state index contributed by atoms with van der Waals surface area (Å²) in [5.74, 6) is 0. The zero-order valence-electron chi connectivity index (χ0n) is 13.3. The molecule has 3 N–H and O–H groups in total. The molecule has 0 heterocycles. The Balaban J connectivity index is 1.66. The van der Waals surface area contributed by atoms with Crippen LogP contribution in [0.5, 0.6) is 0 Å². The third kappa shape index (κ3) is 5.87. The molecular weight excluding hydrogens is 288 g/mol. The molecule has 2 rings (SSSR count). The molecule has 0 fully saturated rings. The number of amides is 1. The van der Waals surface area contributed by atoms with E-state index in [1.165, 1.54) is 0 Å².